The van der Waals surface area contributed by atoms with Crippen LogP contribution in [0.2, 0.25) is 0 Å². The first-order valence-electron chi connectivity index (χ1n) is 13.4. The predicted octanol–water partition coefficient (Wildman–Crippen LogP) is 9.27. The molecule has 1 unspecified atom stereocenters. The van der Waals surface area contributed by atoms with E-state index in [0.717, 1.165) is 28.2 Å². The van der Waals surface area contributed by atoms with E-state index in [0.29, 0.717) is 26.7 Å². The number of rotatable bonds is 10. The number of carbonyl (C=O) groups is 1. The molecule has 5 aromatic rings. The Hall–Kier alpha value is -4.03. The maximum absolute atomic E-state index is 13.4. The van der Waals surface area contributed by atoms with Gasteiger partial charge < -0.3 is 4.74 Å². The second-order valence-corrected chi connectivity index (χ2v) is 15.4. The molecule has 11 heteroatoms. The molecule has 0 saturated heterocycles. The van der Waals surface area contributed by atoms with E-state index in [1.54, 1.807) is 91.0 Å². The third-order valence-corrected chi connectivity index (χ3v) is 12.3. The monoisotopic (exact) mass is 668 g/mol. The number of benzene rings is 5. The van der Waals surface area contributed by atoms with Crippen molar-refractivity contribution in [2.75, 3.05) is 13.4 Å². The minimum atomic E-state index is -4.57. The summed E-state index contributed by atoms with van der Waals surface area (Å²) in [6.07, 6.45) is -3.66. The Kier molecular flexibility index (Phi) is 9.45. The van der Waals surface area contributed by atoms with Crippen LogP contribution in [0.5, 0.6) is 5.75 Å². The molecule has 1 atom stereocenters. The summed E-state index contributed by atoms with van der Waals surface area (Å²) in [6, 6.07) is 34.1. The van der Waals surface area contributed by atoms with Gasteiger partial charge in [0.25, 0.3) is 10.1 Å². The zero-order chi connectivity index (χ0) is 32.2. The molecule has 0 bridgehead atoms. The van der Waals surface area contributed by atoms with E-state index in [4.69, 9.17) is 8.37 Å². The van der Waals surface area contributed by atoms with Crippen molar-refractivity contribution in [3.63, 3.8) is 0 Å². The Morgan fingerprint density at radius 2 is 1.20 bits per heavy atom. The molecule has 0 aliphatic carbocycles. The topological polar surface area (TPSA) is 69.7 Å². The van der Waals surface area contributed by atoms with Gasteiger partial charge in [-0.3, -0.25) is 4.79 Å². The van der Waals surface area contributed by atoms with Gasteiger partial charge in [0.05, 0.1) is 18.9 Å². The molecule has 0 spiro atoms. The second kappa shape index (κ2) is 13.1. The Morgan fingerprint density at radius 1 is 0.667 bits per heavy atom. The smallest absolute Gasteiger partial charge is 0.416 e. The van der Waals surface area contributed by atoms with Gasteiger partial charge in [-0.2, -0.15) is 21.6 Å². The fraction of sp³-hybridized carbons (Fsp3) is 0.0882. The summed E-state index contributed by atoms with van der Waals surface area (Å²) < 4.78 is 77.1. The van der Waals surface area contributed by atoms with Crippen LogP contribution in [-0.2, 0) is 19.9 Å². The molecule has 5 rings (SSSR count). The molecule has 5 nitrogen and oxygen atoms in total. The highest BCUT2D eigenvalue weighted by molar-refractivity contribution is 8.33. The molecule has 0 aliphatic rings. The molecule has 0 radical (unpaired) electrons. The molecule has 5 aromatic carbocycles. The lowest BCUT2D eigenvalue weighted by Gasteiger charge is -2.39. The molecular weight excluding hydrogens is 642 g/mol. The van der Waals surface area contributed by atoms with Crippen molar-refractivity contribution < 1.29 is 34.7 Å². The highest BCUT2D eigenvalue weighted by Gasteiger charge is 2.38. The van der Waals surface area contributed by atoms with Crippen molar-refractivity contribution in [3.05, 3.63) is 144 Å². The minimum absolute atomic E-state index is 0.101. The first-order chi connectivity index (χ1) is 21.4. The highest BCUT2D eigenvalue weighted by Crippen LogP contribution is 2.70. The van der Waals surface area contributed by atoms with E-state index < -0.39 is 32.2 Å². The first kappa shape index (κ1) is 32.4. The number of hydrogen-bond acceptors (Lipinski definition) is 6. The standard InChI is InChI=1S/C34H27F3O5S3/c1-41-27-13-19-31(20-14-27)45(42-44(2,39)40,30-17-11-26(12-18-30)34(35,36)37)32-21-15-28(16-22-32)43-29-10-6-9-25(23-29)33(38)24-7-4-3-5-8-24/h3-23H,1-2H3. The molecular formula is C34H27F3O5S3. The SMILES string of the molecule is COc1ccc(S(OS(C)(=O)=O)(c2ccc(Sc3cccc(C(=O)c4ccccc4)c3)cc2)c2ccc(C(F)(F)F)cc2)cc1. The molecule has 0 aromatic heterocycles. The largest absolute Gasteiger partial charge is 0.497 e. The third-order valence-electron chi connectivity index (χ3n) is 6.65. The van der Waals surface area contributed by atoms with E-state index in [2.05, 4.69) is 0 Å². The van der Waals surface area contributed by atoms with Crippen molar-refractivity contribution in [3.8, 4) is 5.75 Å². The number of alkyl halides is 3. The zero-order valence-corrected chi connectivity index (χ0v) is 26.5. The van der Waals surface area contributed by atoms with Gasteiger partial charge in [0.2, 0.25) is 0 Å². The van der Waals surface area contributed by atoms with Gasteiger partial charge in [-0.15, -0.1) is 0 Å². The lowest BCUT2D eigenvalue weighted by molar-refractivity contribution is -0.137. The van der Waals surface area contributed by atoms with E-state index in [9.17, 15) is 26.4 Å². The van der Waals surface area contributed by atoms with Crippen LogP contribution in [0.4, 0.5) is 13.2 Å². The summed E-state index contributed by atoms with van der Waals surface area (Å²) in [4.78, 5) is 15.7. The molecule has 0 fully saturated rings. The normalized spacial score (nSPS) is 13.9. The quantitative estimate of drug-likeness (QED) is 0.138. The zero-order valence-electron chi connectivity index (χ0n) is 24.0. The molecule has 0 saturated carbocycles. The van der Waals surface area contributed by atoms with Gasteiger partial charge in [-0.25, -0.2) is 3.63 Å². The molecule has 45 heavy (non-hydrogen) atoms. The predicted molar refractivity (Wildman–Crippen MR) is 170 cm³/mol. The number of halogens is 3. The average Bonchev–Trinajstić information content (AvgIpc) is 3.03. The summed E-state index contributed by atoms with van der Waals surface area (Å²) in [5.41, 5.74) is 0.249. The van der Waals surface area contributed by atoms with Gasteiger partial charge in [0.15, 0.2) is 5.78 Å². The van der Waals surface area contributed by atoms with Crippen LogP contribution in [0.1, 0.15) is 21.5 Å². The lowest BCUT2D eigenvalue weighted by Crippen LogP contribution is -2.13. The van der Waals surface area contributed by atoms with Gasteiger partial charge >= 0.3 is 6.18 Å². The maximum atomic E-state index is 13.4. The van der Waals surface area contributed by atoms with E-state index in [1.165, 1.54) is 31.0 Å². The summed E-state index contributed by atoms with van der Waals surface area (Å²) >= 11 is 1.40. The van der Waals surface area contributed by atoms with Crippen LogP contribution in [0.3, 0.4) is 0 Å². The van der Waals surface area contributed by atoms with Crippen molar-refractivity contribution in [2.45, 2.75) is 30.7 Å². The van der Waals surface area contributed by atoms with E-state index in [-0.39, 0.29) is 10.7 Å². The van der Waals surface area contributed by atoms with Crippen molar-refractivity contribution in [1.82, 2.24) is 0 Å². The molecule has 0 N–H and O–H groups in total. The number of methoxy groups -OCH3 is 1. The highest BCUT2D eigenvalue weighted by atomic mass is 32.3. The van der Waals surface area contributed by atoms with E-state index >= 15 is 0 Å². The molecule has 0 heterocycles. The Morgan fingerprint density at radius 3 is 1.73 bits per heavy atom. The third kappa shape index (κ3) is 7.45. The van der Waals surface area contributed by atoms with Crippen LogP contribution in [0.15, 0.2) is 152 Å². The summed E-state index contributed by atoms with van der Waals surface area (Å²) in [7, 11) is -5.72. The average molecular weight is 669 g/mol. The van der Waals surface area contributed by atoms with Crippen molar-refractivity contribution in [1.29, 1.82) is 0 Å². The van der Waals surface area contributed by atoms with Gasteiger partial charge in [0.1, 0.15) is 5.75 Å². The Balaban J connectivity index is 1.56. The first-order valence-corrected chi connectivity index (χ1v) is 17.6. The van der Waals surface area contributed by atoms with Crippen molar-refractivity contribution >= 4 is 38.0 Å². The van der Waals surface area contributed by atoms with Crippen LogP contribution < -0.4 is 4.74 Å². The van der Waals surface area contributed by atoms with Crippen LogP contribution in [0.25, 0.3) is 0 Å². The van der Waals surface area contributed by atoms with Gasteiger partial charge in [-0.1, -0.05) is 54.2 Å². The number of hydrogen-bond donors (Lipinski definition) is 0. The number of carbonyl (C=O) groups excluding carboxylic acids is 1. The van der Waals surface area contributed by atoms with Crippen molar-refractivity contribution in [2.24, 2.45) is 0 Å². The van der Waals surface area contributed by atoms with E-state index in [1.807, 2.05) is 12.1 Å². The second-order valence-electron chi connectivity index (χ2n) is 9.82. The van der Waals surface area contributed by atoms with Crippen LogP contribution in [-0.4, -0.2) is 27.6 Å². The van der Waals surface area contributed by atoms with Gasteiger partial charge in [-0.05, 0) is 95.2 Å². The summed E-state index contributed by atoms with van der Waals surface area (Å²) in [5, 5.41) is 0. The summed E-state index contributed by atoms with van der Waals surface area (Å²) in [5.74, 6) is 0.411. The molecule has 0 aliphatic heterocycles. The van der Waals surface area contributed by atoms with Crippen LogP contribution in [0, 0.1) is 0 Å². The fourth-order valence-electron chi connectivity index (χ4n) is 4.61. The van der Waals surface area contributed by atoms with Crippen LogP contribution >= 0.6 is 22.1 Å². The maximum Gasteiger partial charge on any atom is 0.416 e. The Labute approximate surface area is 265 Å². The summed E-state index contributed by atoms with van der Waals surface area (Å²) in [6.45, 7) is 0. The molecule has 0 amide bonds. The Bertz CT molecular complexity index is 1890. The minimum Gasteiger partial charge on any atom is -0.497 e. The fourth-order valence-corrected chi connectivity index (χ4v) is 10.3. The lowest BCUT2D eigenvalue weighted by atomic mass is 10.0. The number of ether oxygens (including phenoxy) is 1. The van der Waals surface area contributed by atoms with Gasteiger partial charge in [0, 0.05) is 35.6 Å². The molecule has 232 valence electrons. The number of ketones is 1.